The molecule has 0 radical (unpaired) electrons. The number of para-hydroxylation sites is 1. The van der Waals surface area contributed by atoms with Gasteiger partial charge in [0.2, 0.25) is 0 Å². The first-order valence-corrected chi connectivity index (χ1v) is 33.6. The predicted octanol–water partition coefficient (Wildman–Crippen LogP) is 26.5. The van der Waals surface area contributed by atoms with Crippen molar-refractivity contribution in [2.45, 2.75) is 38.5 Å². The van der Waals surface area contributed by atoms with E-state index in [-0.39, 0.29) is 10.8 Å². The lowest BCUT2D eigenvalue weighted by Gasteiger charge is -2.23. The molecular formula is C94H62O2. The molecule has 0 aliphatic heterocycles. The average Bonchev–Trinajstić information content (AvgIpc) is 1.43. The molecular weight excluding hydrogens is 1160 g/mol. The third-order valence-corrected chi connectivity index (χ3v) is 21.9. The first kappa shape index (κ1) is 54.7. The van der Waals surface area contributed by atoms with Crippen LogP contribution in [0.5, 0.6) is 0 Å². The molecule has 2 aliphatic rings. The monoisotopic (exact) mass is 1220 g/mol. The molecule has 0 N–H and O–H groups in total. The zero-order valence-electron chi connectivity index (χ0n) is 53.7. The summed E-state index contributed by atoms with van der Waals surface area (Å²) in [7, 11) is 0. The lowest BCUT2D eigenvalue weighted by molar-refractivity contribution is 0.661. The van der Waals surface area contributed by atoms with Crippen LogP contribution in [-0.4, -0.2) is 0 Å². The van der Waals surface area contributed by atoms with Crippen molar-refractivity contribution in [3.05, 3.63) is 326 Å². The first-order valence-electron chi connectivity index (χ1n) is 33.6. The van der Waals surface area contributed by atoms with Gasteiger partial charge in [0.1, 0.15) is 22.3 Å². The van der Waals surface area contributed by atoms with Crippen molar-refractivity contribution < 1.29 is 8.83 Å². The normalized spacial score (nSPS) is 13.6. The van der Waals surface area contributed by atoms with Crippen molar-refractivity contribution in [2.24, 2.45) is 0 Å². The van der Waals surface area contributed by atoms with Gasteiger partial charge in [-0.1, -0.05) is 276 Å². The Morgan fingerprint density at radius 2 is 0.490 bits per heavy atom. The highest BCUT2D eigenvalue weighted by Gasteiger charge is 2.39. The third-order valence-electron chi connectivity index (χ3n) is 21.9. The van der Waals surface area contributed by atoms with Crippen LogP contribution in [0.4, 0.5) is 0 Å². The molecule has 0 spiro atoms. The van der Waals surface area contributed by atoms with Crippen molar-refractivity contribution >= 4 is 119 Å². The van der Waals surface area contributed by atoms with Crippen molar-refractivity contribution in [3.63, 3.8) is 0 Å². The molecule has 19 aromatic rings. The first-order chi connectivity index (χ1) is 47.1. The van der Waals surface area contributed by atoms with Gasteiger partial charge in [0.05, 0.1) is 0 Å². The van der Waals surface area contributed by atoms with Gasteiger partial charge in [-0.3, -0.25) is 0 Å². The fourth-order valence-corrected chi connectivity index (χ4v) is 17.3. The minimum atomic E-state index is -0.107. The van der Waals surface area contributed by atoms with Gasteiger partial charge >= 0.3 is 0 Å². The van der Waals surface area contributed by atoms with E-state index in [2.05, 4.69) is 319 Å². The molecule has 0 atom stereocenters. The van der Waals surface area contributed by atoms with E-state index >= 15 is 0 Å². The third kappa shape index (κ3) is 7.87. The van der Waals surface area contributed by atoms with Crippen LogP contribution >= 0.6 is 0 Å². The summed E-state index contributed by atoms with van der Waals surface area (Å²) in [6, 6.07) is 112. The van der Waals surface area contributed by atoms with E-state index in [1.807, 2.05) is 12.1 Å². The molecule has 2 aliphatic carbocycles. The Kier molecular flexibility index (Phi) is 11.6. The summed E-state index contributed by atoms with van der Waals surface area (Å²) in [5.74, 6) is 0. The van der Waals surface area contributed by atoms with Crippen molar-refractivity contribution in [2.75, 3.05) is 0 Å². The predicted molar refractivity (Wildman–Crippen MR) is 407 cm³/mol. The van der Waals surface area contributed by atoms with Crippen molar-refractivity contribution in [3.8, 4) is 66.8 Å². The van der Waals surface area contributed by atoms with Crippen LogP contribution < -0.4 is 0 Å². The van der Waals surface area contributed by atoms with Crippen molar-refractivity contribution in [1.82, 2.24) is 0 Å². The Labute approximate surface area is 555 Å². The SMILES string of the molecule is CC1(C)c2cc(-c3c4ccccc4c(-c4ccc5oc6cc7ccccc7cc6c5c4)c4ccccc34)ccc2-c2c1ccc1ccccc21.CC1(C)c2cc(-c3c4ccccc4c(-c4ccc5oc6ccccc6c5c4)c4ccccc34)ccc2-c2c1ccc1ccccc21. The van der Waals surface area contributed by atoms with Gasteiger partial charge in [-0.05, 0) is 219 Å². The number of hydrogen-bond acceptors (Lipinski definition) is 2. The van der Waals surface area contributed by atoms with Crippen LogP contribution in [0.2, 0.25) is 0 Å². The van der Waals surface area contributed by atoms with E-state index in [9.17, 15) is 0 Å². The van der Waals surface area contributed by atoms with Crippen molar-refractivity contribution in [1.29, 1.82) is 0 Å². The molecule has 0 saturated heterocycles. The van der Waals surface area contributed by atoms with Crippen LogP contribution in [0.25, 0.3) is 186 Å². The second-order valence-electron chi connectivity index (χ2n) is 27.7. The Morgan fingerprint density at radius 3 is 0.917 bits per heavy atom. The maximum absolute atomic E-state index is 6.40. The molecule has 0 amide bonds. The number of fused-ring (bicyclic) bond motifs is 21. The fourth-order valence-electron chi connectivity index (χ4n) is 17.3. The Bertz CT molecular complexity index is 6470. The highest BCUT2D eigenvalue weighted by atomic mass is 16.3. The second kappa shape index (κ2) is 20.3. The van der Waals surface area contributed by atoms with E-state index in [1.165, 1.54) is 164 Å². The molecule has 0 fully saturated rings. The molecule has 0 bridgehead atoms. The molecule has 0 unspecified atom stereocenters. The van der Waals surface area contributed by atoms with Crippen LogP contribution in [0.15, 0.2) is 312 Å². The maximum atomic E-state index is 6.40. The molecule has 0 saturated carbocycles. The van der Waals surface area contributed by atoms with Gasteiger partial charge in [0.25, 0.3) is 0 Å². The summed E-state index contributed by atoms with van der Waals surface area (Å²) in [4.78, 5) is 0. The topological polar surface area (TPSA) is 26.3 Å². The van der Waals surface area contributed by atoms with Gasteiger partial charge < -0.3 is 8.83 Å². The molecule has 450 valence electrons. The quantitative estimate of drug-likeness (QED) is 0.164. The molecule has 2 aromatic heterocycles. The number of furan rings is 2. The minimum absolute atomic E-state index is 0.0982. The lowest BCUT2D eigenvalue weighted by atomic mass is 9.80. The number of hydrogen-bond donors (Lipinski definition) is 0. The number of benzene rings is 17. The van der Waals surface area contributed by atoms with E-state index in [4.69, 9.17) is 8.83 Å². The van der Waals surface area contributed by atoms with E-state index in [0.717, 1.165) is 43.9 Å². The van der Waals surface area contributed by atoms with Crippen LogP contribution in [0, 0.1) is 0 Å². The van der Waals surface area contributed by atoms with Gasteiger partial charge in [0.15, 0.2) is 0 Å². The van der Waals surface area contributed by atoms with Gasteiger partial charge in [-0.2, -0.15) is 0 Å². The zero-order chi connectivity index (χ0) is 63.7. The zero-order valence-corrected chi connectivity index (χ0v) is 53.7. The molecule has 2 nitrogen and oxygen atoms in total. The molecule has 2 heteroatoms. The largest absolute Gasteiger partial charge is 0.456 e. The Balaban J connectivity index is 0.000000132. The van der Waals surface area contributed by atoms with Gasteiger partial charge in [-0.15, -0.1) is 0 Å². The van der Waals surface area contributed by atoms with E-state index in [1.54, 1.807) is 0 Å². The van der Waals surface area contributed by atoms with Gasteiger partial charge in [-0.25, -0.2) is 0 Å². The lowest BCUT2D eigenvalue weighted by Crippen LogP contribution is -2.15. The summed E-state index contributed by atoms with van der Waals surface area (Å²) in [5, 5.41) is 22.4. The van der Waals surface area contributed by atoms with E-state index < -0.39 is 0 Å². The maximum Gasteiger partial charge on any atom is 0.136 e. The summed E-state index contributed by atoms with van der Waals surface area (Å²) < 4.78 is 12.6. The summed E-state index contributed by atoms with van der Waals surface area (Å²) in [5.41, 5.74) is 24.6. The summed E-state index contributed by atoms with van der Waals surface area (Å²) in [6.45, 7) is 9.53. The van der Waals surface area contributed by atoms with Crippen LogP contribution in [0.1, 0.15) is 49.9 Å². The molecule has 96 heavy (non-hydrogen) atoms. The standard InChI is InChI=1S/C49H32O.C45H30O/c1-49(2)42-23-20-29-11-5-6-14-34(29)48(42)39-22-19-33(27-43(39)49)47-37-17-9-7-15-35(37)46(36-16-8-10-18-38(36)47)32-21-24-44-40(26-32)41-25-30-12-3-4-13-31(30)28-45(41)50-44;1-45(2)38-23-20-27-11-3-4-12-30(27)44(38)36-22-19-29(26-39(36)45)43-34-16-7-5-14-32(34)42(33-15-6-8-17-35(33)43)28-21-24-41-37(25-28)31-13-9-10-18-40(31)46-41/h3-28H,1-2H3;3-26H,1-2H3. The second-order valence-corrected chi connectivity index (χ2v) is 27.7. The highest BCUT2D eigenvalue weighted by molar-refractivity contribution is 6.25. The average molecular weight is 1220 g/mol. The Morgan fingerprint density at radius 1 is 0.188 bits per heavy atom. The minimum Gasteiger partial charge on any atom is -0.456 e. The van der Waals surface area contributed by atoms with Crippen LogP contribution in [-0.2, 0) is 10.8 Å². The number of rotatable bonds is 4. The van der Waals surface area contributed by atoms with Gasteiger partial charge in [0, 0.05) is 32.4 Å². The fraction of sp³-hybridized carbons (Fsp3) is 0.0638. The molecule has 21 rings (SSSR count). The highest BCUT2D eigenvalue weighted by Crippen LogP contribution is 2.56. The summed E-state index contributed by atoms with van der Waals surface area (Å²) >= 11 is 0. The van der Waals surface area contributed by atoms with E-state index in [0.29, 0.717) is 0 Å². The Hall–Kier alpha value is -11.8. The van der Waals surface area contributed by atoms with Crippen LogP contribution in [0.3, 0.4) is 0 Å². The molecule has 2 heterocycles. The molecule has 17 aromatic carbocycles. The smallest absolute Gasteiger partial charge is 0.136 e. The summed E-state index contributed by atoms with van der Waals surface area (Å²) in [6.07, 6.45) is 0.